The number of hydrogen-bond acceptors (Lipinski definition) is 4. The summed E-state index contributed by atoms with van der Waals surface area (Å²) in [7, 11) is 0. The first-order chi connectivity index (χ1) is 15.7. The van der Waals surface area contributed by atoms with E-state index in [-0.39, 0.29) is 11.9 Å². The van der Waals surface area contributed by atoms with Gasteiger partial charge in [-0.05, 0) is 25.0 Å². The van der Waals surface area contributed by atoms with Crippen LogP contribution in [0.25, 0.3) is 10.8 Å². The fourth-order valence-corrected chi connectivity index (χ4v) is 3.87. The van der Waals surface area contributed by atoms with Crippen molar-refractivity contribution in [1.29, 1.82) is 0 Å². The molecular weight excluding hydrogens is 400 g/mol. The Kier molecular flexibility index (Phi) is 12.5. The summed E-state index contributed by atoms with van der Waals surface area (Å²) in [6.45, 7) is 4.40. The Morgan fingerprint density at radius 1 is 0.562 bits per heavy atom. The molecule has 0 amide bonds. The molecule has 0 bridgehead atoms. The number of hydrogen-bond donors (Lipinski definition) is 0. The second-order valence-corrected chi connectivity index (χ2v) is 8.59. The average Bonchev–Trinajstić information content (AvgIpc) is 2.80. The molecule has 0 spiro atoms. The molecule has 0 radical (unpaired) electrons. The van der Waals surface area contributed by atoms with Gasteiger partial charge in [0.25, 0.3) is 0 Å². The maximum atomic E-state index is 12.3. The molecule has 2 rings (SSSR count). The number of fused-ring (bicyclic) bond motifs is 1. The third-order valence-electron chi connectivity index (χ3n) is 5.76. The Morgan fingerprint density at radius 3 is 1.34 bits per heavy atom. The molecule has 176 valence electrons. The molecule has 4 heteroatoms. The number of carbonyl (C=O) groups is 2. The zero-order valence-electron chi connectivity index (χ0n) is 20.0. The average molecular weight is 441 g/mol. The van der Waals surface area contributed by atoms with Crippen LogP contribution >= 0.6 is 0 Å². The van der Waals surface area contributed by atoms with E-state index in [1.54, 1.807) is 12.1 Å². The Hall–Kier alpha value is -2.36. The molecule has 2 aromatic rings. The van der Waals surface area contributed by atoms with Crippen LogP contribution in [0.4, 0.5) is 0 Å². The van der Waals surface area contributed by atoms with E-state index >= 15 is 0 Å². The van der Waals surface area contributed by atoms with Crippen LogP contribution in [0.1, 0.15) is 104 Å². The van der Waals surface area contributed by atoms with Gasteiger partial charge < -0.3 is 9.47 Å². The third-order valence-corrected chi connectivity index (χ3v) is 5.76. The number of carbonyl (C=O) groups excluding carboxylic acids is 2. The second kappa shape index (κ2) is 15.4. The van der Waals surface area contributed by atoms with E-state index in [0.29, 0.717) is 24.3 Å². The lowest BCUT2D eigenvalue weighted by Gasteiger charge is -2.12. The van der Waals surface area contributed by atoms with Crippen molar-refractivity contribution in [2.24, 2.45) is 0 Å². The summed E-state index contributed by atoms with van der Waals surface area (Å²) >= 11 is 0. The molecular formula is C28H40O4. The number of unbranched alkanes of at least 4 members (excludes halogenated alkanes) is 10. The van der Waals surface area contributed by atoms with E-state index in [1.165, 1.54) is 51.4 Å². The smallest absolute Gasteiger partial charge is 0.311 e. The summed E-state index contributed by atoms with van der Waals surface area (Å²) in [5.74, 6) is 0.622. The lowest BCUT2D eigenvalue weighted by molar-refractivity contribution is -0.135. The topological polar surface area (TPSA) is 52.6 Å². The first-order valence-electron chi connectivity index (χ1n) is 12.6. The molecule has 0 aliphatic heterocycles. The molecule has 0 fully saturated rings. The van der Waals surface area contributed by atoms with Gasteiger partial charge in [0.2, 0.25) is 0 Å². The molecule has 4 nitrogen and oxygen atoms in total. The van der Waals surface area contributed by atoms with E-state index in [1.807, 2.05) is 24.3 Å². The van der Waals surface area contributed by atoms with E-state index < -0.39 is 0 Å². The van der Waals surface area contributed by atoms with Gasteiger partial charge in [-0.25, -0.2) is 0 Å². The van der Waals surface area contributed by atoms with Gasteiger partial charge in [0.15, 0.2) is 0 Å². The normalized spacial score (nSPS) is 10.9. The van der Waals surface area contributed by atoms with Crippen LogP contribution in [0.2, 0.25) is 0 Å². The van der Waals surface area contributed by atoms with Crippen LogP contribution in [0.5, 0.6) is 11.5 Å². The summed E-state index contributed by atoms with van der Waals surface area (Å²) in [5.41, 5.74) is 0. The van der Waals surface area contributed by atoms with Crippen LogP contribution in [-0.4, -0.2) is 11.9 Å². The van der Waals surface area contributed by atoms with E-state index in [0.717, 1.165) is 36.5 Å². The molecule has 0 aliphatic carbocycles. The highest BCUT2D eigenvalue weighted by atomic mass is 16.5. The van der Waals surface area contributed by atoms with Crippen molar-refractivity contribution < 1.29 is 19.1 Å². The van der Waals surface area contributed by atoms with Gasteiger partial charge in [0.05, 0.1) is 0 Å². The molecule has 0 unspecified atom stereocenters. The van der Waals surface area contributed by atoms with Crippen molar-refractivity contribution in [3.8, 4) is 11.5 Å². The van der Waals surface area contributed by atoms with Crippen molar-refractivity contribution >= 4 is 22.7 Å². The van der Waals surface area contributed by atoms with Gasteiger partial charge in [0, 0.05) is 23.6 Å². The number of ether oxygens (including phenoxy) is 2. The summed E-state index contributed by atoms with van der Waals surface area (Å²) < 4.78 is 11.3. The van der Waals surface area contributed by atoms with E-state index in [2.05, 4.69) is 13.8 Å². The zero-order valence-corrected chi connectivity index (χ0v) is 20.0. The summed E-state index contributed by atoms with van der Waals surface area (Å²) in [5, 5.41) is 1.57. The molecule has 0 aromatic heterocycles. The van der Waals surface area contributed by atoms with Crippen molar-refractivity contribution in [2.75, 3.05) is 0 Å². The fourth-order valence-electron chi connectivity index (χ4n) is 3.87. The highest BCUT2D eigenvalue weighted by Crippen LogP contribution is 2.33. The highest BCUT2D eigenvalue weighted by molar-refractivity contribution is 5.96. The quantitative estimate of drug-likeness (QED) is 0.150. The van der Waals surface area contributed by atoms with Crippen LogP contribution < -0.4 is 9.47 Å². The van der Waals surface area contributed by atoms with Crippen LogP contribution in [0.3, 0.4) is 0 Å². The van der Waals surface area contributed by atoms with Gasteiger partial charge in [0.1, 0.15) is 11.5 Å². The second-order valence-electron chi connectivity index (χ2n) is 8.59. The van der Waals surface area contributed by atoms with Crippen molar-refractivity contribution in [3.05, 3.63) is 36.4 Å². The van der Waals surface area contributed by atoms with Gasteiger partial charge >= 0.3 is 11.9 Å². The van der Waals surface area contributed by atoms with Crippen LogP contribution in [0.15, 0.2) is 36.4 Å². The molecule has 0 aliphatic rings. The monoisotopic (exact) mass is 440 g/mol. The minimum atomic E-state index is -0.210. The maximum absolute atomic E-state index is 12.3. The van der Waals surface area contributed by atoms with Crippen molar-refractivity contribution in [2.45, 2.75) is 104 Å². The first kappa shape index (κ1) is 25.9. The SMILES string of the molecule is CCCCCCCCC(=O)Oc1ccc(OC(=O)CCCCCCCC)c2ccccc12. The van der Waals surface area contributed by atoms with Gasteiger partial charge in [-0.15, -0.1) is 0 Å². The molecule has 2 aromatic carbocycles. The first-order valence-corrected chi connectivity index (χ1v) is 12.6. The molecule has 0 heterocycles. The largest absolute Gasteiger partial charge is 0.426 e. The summed E-state index contributed by atoms with van der Waals surface area (Å²) in [6.07, 6.45) is 14.4. The third kappa shape index (κ3) is 9.42. The Balaban J connectivity index is 1.88. The Labute approximate surface area is 193 Å². The van der Waals surface area contributed by atoms with Crippen molar-refractivity contribution in [3.63, 3.8) is 0 Å². The summed E-state index contributed by atoms with van der Waals surface area (Å²) in [6, 6.07) is 11.1. The molecule has 0 saturated heterocycles. The number of rotatable bonds is 16. The summed E-state index contributed by atoms with van der Waals surface area (Å²) in [4.78, 5) is 24.6. The van der Waals surface area contributed by atoms with E-state index in [4.69, 9.17) is 9.47 Å². The van der Waals surface area contributed by atoms with Gasteiger partial charge in [-0.1, -0.05) is 102 Å². The number of esters is 2. The molecule has 0 N–H and O–H groups in total. The molecule has 0 atom stereocenters. The van der Waals surface area contributed by atoms with Gasteiger partial charge in [-0.3, -0.25) is 9.59 Å². The van der Waals surface area contributed by atoms with Crippen molar-refractivity contribution in [1.82, 2.24) is 0 Å². The van der Waals surface area contributed by atoms with E-state index in [9.17, 15) is 9.59 Å². The number of benzene rings is 2. The lowest BCUT2D eigenvalue weighted by atomic mass is 10.1. The zero-order chi connectivity index (χ0) is 23.0. The minimum absolute atomic E-state index is 0.210. The predicted octanol–water partition coefficient (Wildman–Crippen LogP) is 8.15. The standard InChI is InChI=1S/C28H40O4/c1-3-5-7-9-11-13-19-27(29)31-25-21-22-26(24-18-16-15-17-23(24)25)32-28(30)20-14-12-10-8-6-4-2/h15-18,21-22H,3-14,19-20H2,1-2H3. The Morgan fingerprint density at radius 2 is 0.938 bits per heavy atom. The van der Waals surface area contributed by atoms with Crippen LogP contribution in [0, 0.1) is 0 Å². The molecule has 32 heavy (non-hydrogen) atoms. The predicted molar refractivity (Wildman–Crippen MR) is 131 cm³/mol. The highest BCUT2D eigenvalue weighted by Gasteiger charge is 2.13. The lowest BCUT2D eigenvalue weighted by Crippen LogP contribution is -2.09. The maximum Gasteiger partial charge on any atom is 0.311 e. The molecule has 0 saturated carbocycles. The minimum Gasteiger partial charge on any atom is -0.426 e. The van der Waals surface area contributed by atoms with Crippen LogP contribution in [-0.2, 0) is 9.59 Å². The van der Waals surface area contributed by atoms with Gasteiger partial charge in [-0.2, -0.15) is 0 Å². The Bertz CT molecular complexity index is 759. The fraction of sp³-hybridized carbons (Fsp3) is 0.571.